The van der Waals surface area contributed by atoms with Crippen molar-refractivity contribution in [2.75, 3.05) is 20.2 Å². The molecule has 1 unspecified atom stereocenters. The van der Waals surface area contributed by atoms with Crippen LogP contribution in [0.3, 0.4) is 0 Å². The van der Waals surface area contributed by atoms with E-state index in [0.29, 0.717) is 26.2 Å². The molecule has 4 rings (SSSR count). The topological polar surface area (TPSA) is 96.5 Å². The first-order valence-corrected chi connectivity index (χ1v) is 10.9. The summed E-state index contributed by atoms with van der Waals surface area (Å²) in [7, 11) is 1.65. The lowest BCUT2D eigenvalue weighted by Gasteiger charge is -2.34. The number of nitrogens with one attached hydrogen (secondary N) is 2. The third kappa shape index (κ3) is 5.00. The highest BCUT2D eigenvalue weighted by Crippen LogP contribution is 2.21. The summed E-state index contributed by atoms with van der Waals surface area (Å²) in [6, 6.07) is 11.2. The summed E-state index contributed by atoms with van der Waals surface area (Å²) in [5.41, 5.74) is 4.76. The number of fused-ring (bicyclic) bond motifs is 1. The molecule has 1 aromatic heterocycles. The van der Waals surface area contributed by atoms with Crippen molar-refractivity contribution in [3.63, 3.8) is 0 Å². The minimum atomic E-state index is -0.499. The van der Waals surface area contributed by atoms with E-state index in [1.165, 1.54) is 11.7 Å². The van der Waals surface area contributed by atoms with E-state index >= 15 is 0 Å². The molecule has 0 aliphatic carbocycles. The summed E-state index contributed by atoms with van der Waals surface area (Å²) < 4.78 is 13.7. The molecule has 2 N–H and O–H groups in total. The SMILES string of the molecule is COc1ccc(CN2CCNC(=O)C2CC(=O)NCc2ccc3nsnc3c2)cc1C. The average Bonchev–Trinajstić information content (AvgIpc) is 3.23. The van der Waals surface area contributed by atoms with Crippen molar-refractivity contribution in [3.8, 4) is 5.75 Å². The summed E-state index contributed by atoms with van der Waals surface area (Å²) in [5, 5.41) is 5.80. The predicted octanol–water partition coefficient (Wildman–Crippen LogP) is 2.02. The Bertz CT molecular complexity index is 1100. The smallest absolute Gasteiger partial charge is 0.237 e. The number of ether oxygens (including phenoxy) is 1. The predicted molar refractivity (Wildman–Crippen MR) is 119 cm³/mol. The number of methoxy groups -OCH3 is 1. The number of rotatable bonds is 7. The second-order valence-electron chi connectivity index (χ2n) is 7.65. The van der Waals surface area contributed by atoms with Crippen molar-refractivity contribution in [1.29, 1.82) is 0 Å². The highest BCUT2D eigenvalue weighted by Gasteiger charge is 2.31. The van der Waals surface area contributed by atoms with Gasteiger partial charge < -0.3 is 15.4 Å². The van der Waals surface area contributed by atoms with Crippen molar-refractivity contribution >= 4 is 34.6 Å². The number of hydrogen-bond acceptors (Lipinski definition) is 7. The fourth-order valence-electron chi connectivity index (χ4n) is 3.83. The summed E-state index contributed by atoms with van der Waals surface area (Å²) in [5.74, 6) is 0.568. The number of amides is 2. The molecular formula is C22H25N5O3S. The van der Waals surface area contributed by atoms with Gasteiger partial charge in [0.15, 0.2) is 0 Å². The molecule has 1 aliphatic rings. The highest BCUT2D eigenvalue weighted by atomic mass is 32.1. The molecule has 31 heavy (non-hydrogen) atoms. The van der Waals surface area contributed by atoms with Gasteiger partial charge in [-0.25, -0.2) is 0 Å². The van der Waals surface area contributed by atoms with Gasteiger partial charge in [0.25, 0.3) is 0 Å². The molecule has 2 aromatic carbocycles. The Balaban J connectivity index is 1.38. The van der Waals surface area contributed by atoms with Crippen molar-refractivity contribution < 1.29 is 14.3 Å². The normalized spacial score (nSPS) is 16.8. The molecule has 1 fully saturated rings. The second-order valence-corrected chi connectivity index (χ2v) is 8.18. The van der Waals surface area contributed by atoms with Gasteiger partial charge in [-0.05, 0) is 41.8 Å². The van der Waals surface area contributed by atoms with Crippen LogP contribution in [0.15, 0.2) is 36.4 Å². The van der Waals surface area contributed by atoms with Crippen LogP contribution < -0.4 is 15.4 Å². The van der Waals surface area contributed by atoms with Crippen LogP contribution in [-0.2, 0) is 22.7 Å². The van der Waals surface area contributed by atoms with E-state index in [0.717, 1.165) is 33.5 Å². The molecule has 8 nitrogen and oxygen atoms in total. The fraction of sp³-hybridized carbons (Fsp3) is 0.364. The summed E-state index contributed by atoms with van der Waals surface area (Å²) in [6.45, 7) is 4.26. The van der Waals surface area contributed by atoms with Crippen LogP contribution in [0.25, 0.3) is 11.0 Å². The van der Waals surface area contributed by atoms with Gasteiger partial charge in [-0.15, -0.1) is 0 Å². The quantitative estimate of drug-likeness (QED) is 0.585. The molecule has 2 amide bonds. The van der Waals surface area contributed by atoms with Crippen LogP contribution in [0.1, 0.15) is 23.1 Å². The zero-order chi connectivity index (χ0) is 21.8. The fourth-order valence-corrected chi connectivity index (χ4v) is 4.35. The first-order valence-electron chi connectivity index (χ1n) is 10.2. The number of benzene rings is 2. The zero-order valence-corrected chi connectivity index (χ0v) is 18.4. The van der Waals surface area contributed by atoms with Crippen molar-refractivity contribution in [2.24, 2.45) is 0 Å². The monoisotopic (exact) mass is 439 g/mol. The maximum atomic E-state index is 12.6. The molecule has 1 atom stereocenters. The first kappa shape index (κ1) is 21.2. The maximum Gasteiger partial charge on any atom is 0.237 e. The van der Waals surface area contributed by atoms with E-state index in [1.807, 2.05) is 37.3 Å². The number of carbonyl (C=O) groups excluding carboxylic acids is 2. The van der Waals surface area contributed by atoms with E-state index in [-0.39, 0.29) is 18.2 Å². The molecule has 2 heterocycles. The van der Waals surface area contributed by atoms with Crippen molar-refractivity contribution in [3.05, 3.63) is 53.1 Å². The van der Waals surface area contributed by atoms with Crippen LogP contribution in [-0.4, -0.2) is 51.7 Å². The molecule has 9 heteroatoms. The van der Waals surface area contributed by atoms with Gasteiger partial charge in [0.1, 0.15) is 16.8 Å². The Morgan fingerprint density at radius 1 is 1.23 bits per heavy atom. The Morgan fingerprint density at radius 2 is 2.03 bits per heavy atom. The second kappa shape index (κ2) is 9.40. The van der Waals surface area contributed by atoms with Crippen LogP contribution in [0.5, 0.6) is 5.75 Å². The number of carbonyl (C=O) groups is 2. The standard InChI is InChI=1S/C22H25N5O3S/c1-14-9-16(4-6-20(14)30-2)13-27-8-7-23-22(29)19(27)11-21(28)24-12-15-3-5-17-18(10-15)26-31-25-17/h3-6,9-10,19H,7-8,11-13H2,1-2H3,(H,23,29)(H,24,28). The van der Waals surface area contributed by atoms with Gasteiger partial charge in [-0.3, -0.25) is 14.5 Å². The van der Waals surface area contributed by atoms with Crippen LogP contribution >= 0.6 is 11.7 Å². The minimum absolute atomic E-state index is 0.110. The van der Waals surface area contributed by atoms with Crippen LogP contribution in [0, 0.1) is 6.92 Å². The average molecular weight is 440 g/mol. The van der Waals surface area contributed by atoms with Crippen molar-refractivity contribution in [1.82, 2.24) is 24.3 Å². The van der Waals surface area contributed by atoms with Gasteiger partial charge in [-0.1, -0.05) is 18.2 Å². The molecule has 1 saturated heterocycles. The number of piperazine rings is 1. The lowest BCUT2D eigenvalue weighted by atomic mass is 10.0. The molecule has 0 spiro atoms. The number of aromatic nitrogens is 2. The van der Waals surface area contributed by atoms with Gasteiger partial charge in [-0.2, -0.15) is 8.75 Å². The molecule has 0 radical (unpaired) electrons. The van der Waals surface area contributed by atoms with E-state index < -0.39 is 6.04 Å². The number of nitrogens with zero attached hydrogens (tertiary/aromatic N) is 3. The molecule has 0 bridgehead atoms. The Morgan fingerprint density at radius 3 is 2.84 bits per heavy atom. The number of hydrogen-bond donors (Lipinski definition) is 2. The Kier molecular flexibility index (Phi) is 6.43. The van der Waals surface area contributed by atoms with E-state index in [4.69, 9.17) is 4.74 Å². The minimum Gasteiger partial charge on any atom is -0.496 e. The third-order valence-corrected chi connectivity index (χ3v) is 6.03. The van der Waals surface area contributed by atoms with E-state index in [9.17, 15) is 9.59 Å². The molecular weight excluding hydrogens is 414 g/mol. The summed E-state index contributed by atoms with van der Waals surface area (Å²) >= 11 is 1.17. The first-order chi connectivity index (χ1) is 15.0. The largest absolute Gasteiger partial charge is 0.496 e. The highest BCUT2D eigenvalue weighted by molar-refractivity contribution is 7.00. The Hall–Kier alpha value is -3.04. The molecule has 162 valence electrons. The van der Waals surface area contributed by atoms with E-state index in [2.05, 4.69) is 30.3 Å². The summed E-state index contributed by atoms with van der Waals surface area (Å²) in [4.78, 5) is 27.2. The van der Waals surface area contributed by atoms with Gasteiger partial charge in [0.05, 0.1) is 31.3 Å². The van der Waals surface area contributed by atoms with Crippen molar-refractivity contribution in [2.45, 2.75) is 32.5 Å². The molecule has 1 aliphatic heterocycles. The lowest BCUT2D eigenvalue weighted by Crippen LogP contribution is -2.56. The Labute approximate surface area is 184 Å². The lowest BCUT2D eigenvalue weighted by molar-refractivity contribution is -0.134. The third-order valence-electron chi connectivity index (χ3n) is 5.47. The number of aryl methyl sites for hydroxylation is 1. The maximum absolute atomic E-state index is 12.6. The van der Waals surface area contributed by atoms with Gasteiger partial charge in [0.2, 0.25) is 11.8 Å². The van der Waals surface area contributed by atoms with Gasteiger partial charge in [0, 0.05) is 26.2 Å². The zero-order valence-electron chi connectivity index (χ0n) is 17.6. The molecule has 3 aromatic rings. The van der Waals surface area contributed by atoms with E-state index in [1.54, 1.807) is 7.11 Å². The summed E-state index contributed by atoms with van der Waals surface area (Å²) in [6.07, 6.45) is 0.113. The van der Waals surface area contributed by atoms with Crippen LogP contribution in [0.2, 0.25) is 0 Å². The van der Waals surface area contributed by atoms with Crippen LogP contribution in [0.4, 0.5) is 0 Å². The van der Waals surface area contributed by atoms with Gasteiger partial charge >= 0.3 is 0 Å². The molecule has 0 saturated carbocycles.